The van der Waals surface area contributed by atoms with Gasteiger partial charge in [0.25, 0.3) is 0 Å². The van der Waals surface area contributed by atoms with Crippen LogP contribution in [0, 0.1) is 13.8 Å². The Morgan fingerprint density at radius 2 is 1.81 bits per heavy atom. The molecular weight excluding hydrogens is 494 g/mol. The molecule has 0 bridgehead atoms. The smallest absolute Gasteiger partial charge is 0.229 e. The fourth-order valence-electron chi connectivity index (χ4n) is 5.06. The molecule has 3 heterocycles. The lowest BCUT2D eigenvalue weighted by Crippen LogP contribution is -2.29. The van der Waals surface area contributed by atoms with Gasteiger partial charge in [-0.2, -0.15) is 0 Å². The second kappa shape index (κ2) is 10.2. The van der Waals surface area contributed by atoms with E-state index in [-0.39, 0.29) is 5.91 Å². The monoisotopic (exact) mass is 523 g/mol. The van der Waals surface area contributed by atoms with E-state index in [0.29, 0.717) is 6.42 Å². The Bertz CT molecular complexity index is 1550. The zero-order valence-electron chi connectivity index (χ0n) is 21.1. The van der Waals surface area contributed by atoms with Crippen LogP contribution in [0.3, 0.4) is 0 Å². The first kappa shape index (κ1) is 24.0. The number of hydrogen-bond donors (Lipinski definition) is 1. The van der Waals surface area contributed by atoms with Crippen molar-refractivity contribution in [2.24, 2.45) is 0 Å². The van der Waals surface area contributed by atoms with Crippen molar-refractivity contribution in [3.05, 3.63) is 105 Å². The van der Waals surface area contributed by atoms with Crippen LogP contribution >= 0.6 is 22.7 Å². The highest BCUT2D eigenvalue weighted by Gasteiger charge is 2.28. The van der Waals surface area contributed by atoms with Crippen molar-refractivity contribution in [3.8, 4) is 10.6 Å². The van der Waals surface area contributed by atoms with Crippen molar-refractivity contribution in [3.63, 3.8) is 0 Å². The van der Waals surface area contributed by atoms with Gasteiger partial charge in [0.15, 0.2) is 0 Å². The van der Waals surface area contributed by atoms with Gasteiger partial charge >= 0.3 is 0 Å². The van der Waals surface area contributed by atoms with Gasteiger partial charge in [-0.05, 0) is 54.7 Å². The summed E-state index contributed by atoms with van der Waals surface area (Å²) in [7, 11) is 0. The molecule has 0 saturated carbocycles. The van der Waals surface area contributed by atoms with Crippen molar-refractivity contribution in [2.45, 2.75) is 39.8 Å². The Morgan fingerprint density at radius 3 is 2.65 bits per heavy atom. The SMILES string of the molecule is Cc1ccc(C)c(CC(=O)Nc2sc3c(c2-c2nc4ccccc4s2)CCN(Cc2ccccc2)C3)c1. The summed E-state index contributed by atoms with van der Waals surface area (Å²) in [6, 6.07) is 25.2. The molecule has 2 aromatic heterocycles. The third-order valence-electron chi connectivity index (χ3n) is 7.00. The van der Waals surface area contributed by atoms with E-state index in [9.17, 15) is 4.79 Å². The summed E-state index contributed by atoms with van der Waals surface area (Å²) in [6.45, 7) is 6.95. The predicted molar refractivity (Wildman–Crippen MR) is 155 cm³/mol. The molecule has 0 aliphatic carbocycles. The van der Waals surface area contributed by atoms with Gasteiger partial charge in [-0.25, -0.2) is 4.98 Å². The molecule has 0 fully saturated rings. The number of amides is 1. The van der Waals surface area contributed by atoms with E-state index >= 15 is 0 Å². The van der Waals surface area contributed by atoms with Crippen molar-refractivity contribution in [1.29, 1.82) is 0 Å². The molecule has 1 N–H and O–H groups in total. The van der Waals surface area contributed by atoms with Crippen LogP contribution in [0.4, 0.5) is 5.00 Å². The van der Waals surface area contributed by atoms with Gasteiger partial charge in [0.05, 0.1) is 16.6 Å². The zero-order valence-corrected chi connectivity index (χ0v) is 22.7. The van der Waals surface area contributed by atoms with Gasteiger partial charge < -0.3 is 5.32 Å². The number of anilines is 1. The van der Waals surface area contributed by atoms with E-state index in [1.807, 2.05) is 6.07 Å². The van der Waals surface area contributed by atoms with Gasteiger partial charge in [-0.3, -0.25) is 9.69 Å². The minimum absolute atomic E-state index is 0.0239. The molecule has 0 atom stereocenters. The number of nitrogens with one attached hydrogen (secondary N) is 1. The lowest BCUT2D eigenvalue weighted by Gasteiger charge is -2.27. The lowest BCUT2D eigenvalue weighted by molar-refractivity contribution is -0.115. The zero-order chi connectivity index (χ0) is 25.4. The number of para-hydroxylation sites is 1. The Balaban J connectivity index is 1.33. The summed E-state index contributed by atoms with van der Waals surface area (Å²) in [6.07, 6.45) is 1.33. The van der Waals surface area contributed by atoms with Gasteiger partial charge in [-0.15, -0.1) is 22.7 Å². The number of hydrogen-bond acceptors (Lipinski definition) is 5. The molecule has 37 heavy (non-hydrogen) atoms. The van der Waals surface area contributed by atoms with Crippen molar-refractivity contribution in [1.82, 2.24) is 9.88 Å². The second-order valence-corrected chi connectivity index (χ2v) is 11.9. The number of fused-ring (bicyclic) bond motifs is 2. The highest BCUT2D eigenvalue weighted by atomic mass is 32.1. The molecule has 6 heteroatoms. The first-order chi connectivity index (χ1) is 18.0. The summed E-state index contributed by atoms with van der Waals surface area (Å²) < 4.78 is 1.17. The molecule has 0 saturated heterocycles. The van der Waals surface area contributed by atoms with Crippen molar-refractivity contribution >= 4 is 43.8 Å². The van der Waals surface area contributed by atoms with Crippen molar-refractivity contribution in [2.75, 3.05) is 11.9 Å². The Labute approximate surface area is 225 Å². The molecule has 1 aliphatic rings. The maximum atomic E-state index is 13.3. The molecule has 6 rings (SSSR count). The molecule has 186 valence electrons. The lowest BCUT2D eigenvalue weighted by atomic mass is 10.0. The fraction of sp³-hybridized carbons (Fsp3) is 0.226. The number of aromatic nitrogens is 1. The average molecular weight is 524 g/mol. The summed E-state index contributed by atoms with van der Waals surface area (Å²) in [5.41, 5.74) is 8.20. The minimum Gasteiger partial charge on any atom is -0.317 e. The van der Waals surface area contributed by atoms with Gasteiger partial charge in [0, 0.05) is 30.1 Å². The van der Waals surface area contributed by atoms with Crippen LogP contribution in [0.25, 0.3) is 20.8 Å². The number of nitrogens with zero attached hydrogens (tertiary/aromatic N) is 2. The molecule has 3 aromatic carbocycles. The van der Waals surface area contributed by atoms with Crippen LogP contribution < -0.4 is 5.32 Å². The van der Waals surface area contributed by atoms with Crippen molar-refractivity contribution < 1.29 is 4.79 Å². The minimum atomic E-state index is 0.0239. The maximum absolute atomic E-state index is 13.3. The van der Waals surface area contributed by atoms with Crippen LogP contribution in [-0.4, -0.2) is 22.3 Å². The largest absolute Gasteiger partial charge is 0.317 e. The molecule has 0 radical (unpaired) electrons. The number of carbonyl (C=O) groups is 1. The first-order valence-electron chi connectivity index (χ1n) is 12.7. The maximum Gasteiger partial charge on any atom is 0.229 e. The fourth-order valence-corrected chi connectivity index (χ4v) is 7.48. The number of rotatable bonds is 6. The van der Waals surface area contributed by atoms with Crippen LogP contribution in [0.15, 0.2) is 72.8 Å². The van der Waals surface area contributed by atoms with Crippen LogP contribution in [0.5, 0.6) is 0 Å². The van der Waals surface area contributed by atoms with E-state index in [2.05, 4.69) is 90.8 Å². The van der Waals surface area contributed by atoms with Gasteiger partial charge in [0.1, 0.15) is 10.0 Å². The molecule has 0 spiro atoms. The molecule has 1 aliphatic heterocycles. The highest BCUT2D eigenvalue weighted by Crippen LogP contribution is 2.45. The van der Waals surface area contributed by atoms with Gasteiger partial charge in [-0.1, -0.05) is 66.2 Å². The number of carbonyl (C=O) groups excluding carboxylic acids is 1. The molecule has 0 unspecified atom stereocenters. The number of benzene rings is 3. The molecule has 1 amide bonds. The first-order valence-corrected chi connectivity index (χ1v) is 14.3. The Hall–Kier alpha value is -3.32. The predicted octanol–water partition coefficient (Wildman–Crippen LogP) is 7.38. The van der Waals surface area contributed by atoms with Crippen LogP contribution in [-0.2, 0) is 30.7 Å². The van der Waals surface area contributed by atoms with E-state index < -0.39 is 0 Å². The van der Waals surface area contributed by atoms with Crippen LogP contribution in [0.2, 0.25) is 0 Å². The quantitative estimate of drug-likeness (QED) is 0.253. The van der Waals surface area contributed by atoms with Gasteiger partial charge in [0.2, 0.25) is 5.91 Å². The number of thiophene rings is 1. The summed E-state index contributed by atoms with van der Waals surface area (Å²) >= 11 is 3.43. The third-order valence-corrected chi connectivity index (χ3v) is 9.19. The topological polar surface area (TPSA) is 45.2 Å². The normalized spacial score (nSPS) is 13.6. The molecular formula is C31H29N3OS2. The molecule has 4 nitrogen and oxygen atoms in total. The Kier molecular flexibility index (Phi) is 6.63. The standard InChI is InChI=1S/C31H29N3OS2/c1-20-12-13-21(2)23(16-20)17-28(35)33-31-29(30-32-25-10-6-7-11-26(25)36-30)24-14-15-34(19-27(24)37-31)18-22-8-4-3-5-9-22/h3-13,16H,14-15,17-19H2,1-2H3,(H,33,35). The van der Waals surface area contributed by atoms with E-state index in [1.165, 1.54) is 26.3 Å². The number of aryl methyl sites for hydroxylation is 2. The highest BCUT2D eigenvalue weighted by molar-refractivity contribution is 7.22. The van der Waals surface area contributed by atoms with E-state index in [0.717, 1.165) is 58.3 Å². The second-order valence-electron chi connectivity index (χ2n) is 9.80. The molecule has 5 aromatic rings. The van der Waals surface area contributed by atoms with E-state index in [1.54, 1.807) is 22.7 Å². The van der Waals surface area contributed by atoms with Crippen LogP contribution in [0.1, 0.15) is 32.7 Å². The Morgan fingerprint density at radius 1 is 1.00 bits per heavy atom. The summed E-state index contributed by atoms with van der Waals surface area (Å²) in [5, 5.41) is 5.23. The number of thiazole rings is 1. The third kappa shape index (κ3) is 5.10. The summed E-state index contributed by atoms with van der Waals surface area (Å²) in [5.74, 6) is 0.0239. The van der Waals surface area contributed by atoms with E-state index in [4.69, 9.17) is 4.98 Å². The average Bonchev–Trinajstić information content (AvgIpc) is 3.47. The summed E-state index contributed by atoms with van der Waals surface area (Å²) in [4.78, 5) is 22.1.